The number of carbonyl (C=O) groups excluding carboxylic acids is 1. The molecule has 122 valence electrons. The van der Waals surface area contributed by atoms with Gasteiger partial charge in [0.05, 0.1) is 18.2 Å². The zero-order valence-electron chi connectivity index (χ0n) is 13.6. The van der Waals surface area contributed by atoms with E-state index in [0.717, 1.165) is 22.5 Å². The normalized spacial score (nSPS) is 9.88. The summed E-state index contributed by atoms with van der Waals surface area (Å²) < 4.78 is 0. The fourth-order valence-corrected chi connectivity index (χ4v) is 2.54. The molecular weight excluding hydrogens is 310 g/mol. The Morgan fingerprint density at radius 1 is 0.920 bits per heavy atom. The predicted molar refractivity (Wildman–Crippen MR) is 100 cm³/mol. The van der Waals surface area contributed by atoms with Gasteiger partial charge in [-0.3, -0.25) is 4.79 Å². The Balaban J connectivity index is 1.68. The van der Waals surface area contributed by atoms with Crippen LogP contribution in [0.15, 0.2) is 78.9 Å². The summed E-state index contributed by atoms with van der Waals surface area (Å²) >= 11 is 0. The van der Waals surface area contributed by atoms with Gasteiger partial charge < -0.3 is 10.6 Å². The number of carbonyl (C=O) groups is 1. The van der Waals surface area contributed by atoms with E-state index in [1.165, 1.54) is 0 Å². The summed E-state index contributed by atoms with van der Waals surface area (Å²) in [6.07, 6.45) is 0. The highest BCUT2D eigenvalue weighted by atomic mass is 16.1. The van der Waals surface area contributed by atoms with Gasteiger partial charge in [-0.1, -0.05) is 54.6 Å². The molecule has 4 nitrogen and oxygen atoms in total. The number of nitrogens with one attached hydrogen (secondary N) is 2. The van der Waals surface area contributed by atoms with Crippen LogP contribution in [0.3, 0.4) is 0 Å². The summed E-state index contributed by atoms with van der Waals surface area (Å²) in [5.41, 5.74) is 4.09. The maximum atomic E-state index is 12.3. The van der Waals surface area contributed by atoms with Gasteiger partial charge in [0.15, 0.2) is 0 Å². The Morgan fingerprint density at radius 3 is 2.48 bits per heavy atom. The first-order valence-electron chi connectivity index (χ1n) is 7.94. The average molecular weight is 327 g/mol. The highest BCUT2D eigenvalue weighted by Gasteiger charge is 2.08. The van der Waals surface area contributed by atoms with Crippen LogP contribution in [-0.4, -0.2) is 12.5 Å². The number of amides is 1. The summed E-state index contributed by atoms with van der Waals surface area (Å²) in [5.74, 6) is -0.147. The Labute approximate surface area is 146 Å². The van der Waals surface area contributed by atoms with Crippen molar-refractivity contribution in [2.24, 2.45) is 0 Å². The third kappa shape index (κ3) is 4.24. The highest BCUT2D eigenvalue weighted by Crippen LogP contribution is 2.27. The molecule has 2 N–H and O–H groups in total. The lowest BCUT2D eigenvalue weighted by Gasteiger charge is -2.12. The van der Waals surface area contributed by atoms with Crippen molar-refractivity contribution in [3.8, 4) is 17.2 Å². The summed E-state index contributed by atoms with van der Waals surface area (Å²) in [4.78, 5) is 12.3. The van der Waals surface area contributed by atoms with E-state index >= 15 is 0 Å². The van der Waals surface area contributed by atoms with Gasteiger partial charge in [0.25, 0.3) is 0 Å². The second kappa shape index (κ2) is 7.80. The van der Waals surface area contributed by atoms with Crippen molar-refractivity contribution in [3.05, 3.63) is 84.4 Å². The van der Waals surface area contributed by atoms with E-state index in [0.29, 0.717) is 5.56 Å². The Hall–Kier alpha value is -3.58. The maximum Gasteiger partial charge on any atom is 0.243 e. The molecule has 0 bridgehead atoms. The van der Waals surface area contributed by atoms with E-state index in [2.05, 4.69) is 16.7 Å². The smallest absolute Gasteiger partial charge is 0.243 e. The Bertz CT molecular complexity index is 914. The molecule has 3 aromatic carbocycles. The molecule has 0 aliphatic heterocycles. The maximum absolute atomic E-state index is 12.3. The summed E-state index contributed by atoms with van der Waals surface area (Å²) in [6.45, 7) is 0.123. The number of para-hydroxylation sites is 1. The third-order valence-electron chi connectivity index (χ3n) is 3.73. The van der Waals surface area contributed by atoms with Gasteiger partial charge in [0.1, 0.15) is 0 Å². The van der Waals surface area contributed by atoms with Crippen LogP contribution in [0.1, 0.15) is 5.56 Å². The fraction of sp³-hybridized carbons (Fsp3) is 0.0476. The quantitative estimate of drug-likeness (QED) is 0.735. The number of hydrogen-bond acceptors (Lipinski definition) is 3. The predicted octanol–water partition coefficient (Wildman–Crippen LogP) is 4.28. The highest BCUT2D eigenvalue weighted by molar-refractivity contribution is 5.97. The third-order valence-corrected chi connectivity index (χ3v) is 3.73. The minimum Gasteiger partial charge on any atom is -0.376 e. The van der Waals surface area contributed by atoms with Crippen LogP contribution >= 0.6 is 0 Å². The first kappa shape index (κ1) is 16.3. The van der Waals surface area contributed by atoms with Gasteiger partial charge >= 0.3 is 0 Å². The molecule has 0 aliphatic rings. The van der Waals surface area contributed by atoms with Crippen LogP contribution < -0.4 is 10.6 Å². The van der Waals surface area contributed by atoms with Gasteiger partial charge in [-0.2, -0.15) is 5.26 Å². The Morgan fingerprint density at radius 2 is 1.68 bits per heavy atom. The molecule has 0 radical (unpaired) electrons. The molecule has 25 heavy (non-hydrogen) atoms. The molecule has 1 amide bonds. The molecular formula is C21H17N3O. The number of anilines is 2. The second-order valence-electron chi connectivity index (χ2n) is 5.51. The van der Waals surface area contributed by atoms with Crippen LogP contribution in [-0.2, 0) is 4.79 Å². The lowest BCUT2D eigenvalue weighted by Crippen LogP contribution is -2.22. The summed E-state index contributed by atoms with van der Waals surface area (Å²) in [5, 5.41) is 14.9. The minimum absolute atomic E-state index is 0.123. The molecule has 0 aliphatic carbocycles. The van der Waals surface area contributed by atoms with E-state index in [9.17, 15) is 4.79 Å². The molecule has 3 aromatic rings. The molecule has 0 fully saturated rings. The molecule has 0 unspecified atom stereocenters. The molecule has 4 heteroatoms. The molecule has 0 aromatic heterocycles. The van der Waals surface area contributed by atoms with E-state index in [4.69, 9.17) is 5.26 Å². The topological polar surface area (TPSA) is 64.9 Å². The molecule has 0 saturated carbocycles. The lowest BCUT2D eigenvalue weighted by molar-refractivity contribution is -0.114. The van der Waals surface area contributed by atoms with E-state index in [1.54, 1.807) is 18.2 Å². The van der Waals surface area contributed by atoms with Crippen LogP contribution in [0.4, 0.5) is 11.4 Å². The number of nitrogens with zero attached hydrogens (tertiary/aromatic N) is 1. The number of hydrogen-bond donors (Lipinski definition) is 2. The SMILES string of the molecule is N#Cc1cccc(NCC(=O)Nc2ccccc2-c2ccccc2)c1. The van der Waals surface area contributed by atoms with Crippen molar-refractivity contribution in [2.75, 3.05) is 17.2 Å². The molecule has 0 saturated heterocycles. The van der Waals surface area contributed by atoms with Gasteiger partial charge in [-0.05, 0) is 29.8 Å². The lowest BCUT2D eigenvalue weighted by atomic mass is 10.0. The second-order valence-corrected chi connectivity index (χ2v) is 5.51. The molecule has 0 heterocycles. The van der Waals surface area contributed by atoms with E-state index in [1.807, 2.05) is 60.7 Å². The van der Waals surface area contributed by atoms with Crippen molar-refractivity contribution >= 4 is 17.3 Å². The minimum atomic E-state index is -0.147. The van der Waals surface area contributed by atoms with Crippen molar-refractivity contribution < 1.29 is 4.79 Å². The number of benzene rings is 3. The van der Waals surface area contributed by atoms with Crippen molar-refractivity contribution in [1.82, 2.24) is 0 Å². The van der Waals surface area contributed by atoms with Crippen LogP contribution in [0.5, 0.6) is 0 Å². The van der Waals surface area contributed by atoms with E-state index < -0.39 is 0 Å². The summed E-state index contributed by atoms with van der Waals surface area (Å²) in [6, 6.07) is 26.8. The van der Waals surface area contributed by atoms with Crippen LogP contribution in [0.2, 0.25) is 0 Å². The summed E-state index contributed by atoms with van der Waals surface area (Å²) in [7, 11) is 0. The zero-order valence-corrected chi connectivity index (χ0v) is 13.6. The zero-order chi connectivity index (χ0) is 17.5. The molecule has 0 atom stereocenters. The van der Waals surface area contributed by atoms with Crippen LogP contribution in [0.25, 0.3) is 11.1 Å². The van der Waals surface area contributed by atoms with Crippen molar-refractivity contribution in [1.29, 1.82) is 5.26 Å². The van der Waals surface area contributed by atoms with Crippen molar-refractivity contribution in [3.63, 3.8) is 0 Å². The monoisotopic (exact) mass is 327 g/mol. The Kier molecular flexibility index (Phi) is 5.08. The van der Waals surface area contributed by atoms with Gasteiger partial charge in [-0.15, -0.1) is 0 Å². The van der Waals surface area contributed by atoms with Crippen LogP contribution in [0, 0.1) is 11.3 Å². The largest absolute Gasteiger partial charge is 0.376 e. The molecule has 3 rings (SSSR count). The van der Waals surface area contributed by atoms with Gasteiger partial charge in [-0.25, -0.2) is 0 Å². The number of rotatable bonds is 5. The standard InChI is InChI=1S/C21H17N3O/c22-14-16-7-6-10-18(13-16)23-15-21(25)24-20-12-5-4-11-19(20)17-8-2-1-3-9-17/h1-13,23H,15H2,(H,24,25). The van der Waals surface area contributed by atoms with Crippen molar-refractivity contribution in [2.45, 2.75) is 0 Å². The molecule has 0 spiro atoms. The fourth-order valence-electron chi connectivity index (χ4n) is 2.54. The van der Waals surface area contributed by atoms with Gasteiger partial charge in [0.2, 0.25) is 5.91 Å². The number of nitriles is 1. The average Bonchev–Trinajstić information content (AvgIpc) is 2.68. The van der Waals surface area contributed by atoms with Gasteiger partial charge in [0, 0.05) is 16.9 Å². The first-order chi connectivity index (χ1) is 12.3. The van der Waals surface area contributed by atoms with E-state index in [-0.39, 0.29) is 12.5 Å². The first-order valence-corrected chi connectivity index (χ1v) is 7.94.